The summed E-state index contributed by atoms with van der Waals surface area (Å²) in [5.74, 6) is -0.600. The molecule has 18 heavy (non-hydrogen) atoms. The first kappa shape index (κ1) is 12.8. The summed E-state index contributed by atoms with van der Waals surface area (Å²) in [6, 6.07) is 7.12. The van der Waals surface area contributed by atoms with E-state index < -0.39 is 15.7 Å². The van der Waals surface area contributed by atoms with Crippen molar-refractivity contribution in [3.05, 3.63) is 53.2 Å². The van der Waals surface area contributed by atoms with Crippen LogP contribution >= 0.6 is 0 Å². The van der Waals surface area contributed by atoms with E-state index in [1.54, 1.807) is 19.1 Å². The van der Waals surface area contributed by atoms with Crippen LogP contribution in [0.15, 0.2) is 34.9 Å². The van der Waals surface area contributed by atoms with E-state index in [9.17, 15) is 12.8 Å². The maximum atomic E-state index is 12.9. The van der Waals surface area contributed by atoms with Gasteiger partial charge in [0.05, 0.1) is 11.4 Å². The molecule has 0 saturated heterocycles. The average Bonchev–Trinajstić information content (AvgIpc) is 2.62. The quantitative estimate of drug-likeness (QED) is 0.854. The van der Waals surface area contributed by atoms with E-state index in [1.807, 2.05) is 0 Å². The fraction of sp³-hybridized carbons (Fsp3) is 0.250. The van der Waals surface area contributed by atoms with Gasteiger partial charge >= 0.3 is 0 Å². The number of aromatic nitrogens is 1. The fourth-order valence-electron chi connectivity index (χ4n) is 1.63. The maximum absolute atomic E-state index is 12.9. The van der Waals surface area contributed by atoms with Crippen LogP contribution in [0.4, 0.5) is 4.39 Å². The molecule has 2 rings (SSSR count). The van der Waals surface area contributed by atoms with Crippen molar-refractivity contribution in [2.75, 3.05) is 0 Å². The Morgan fingerprint density at radius 2 is 2.06 bits per heavy atom. The number of benzene rings is 1. The zero-order chi connectivity index (χ0) is 13.2. The minimum absolute atomic E-state index is 0.218. The molecule has 4 nitrogen and oxygen atoms in total. The van der Waals surface area contributed by atoms with Gasteiger partial charge in [0.1, 0.15) is 11.6 Å². The maximum Gasteiger partial charge on any atom is 0.161 e. The minimum atomic E-state index is -3.39. The Hall–Kier alpha value is -1.69. The Morgan fingerprint density at radius 1 is 1.28 bits per heavy atom. The Labute approximate surface area is 104 Å². The average molecular weight is 269 g/mol. The van der Waals surface area contributed by atoms with Crippen molar-refractivity contribution in [1.29, 1.82) is 0 Å². The van der Waals surface area contributed by atoms with Gasteiger partial charge in [-0.15, -0.1) is 0 Å². The van der Waals surface area contributed by atoms with Gasteiger partial charge in [0.2, 0.25) is 0 Å². The first-order valence-electron chi connectivity index (χ1n) is 5.32. The normalized spacial score (nSPS) is 11.7. The van der Waals surface area contributed by atoms with Gasteiger partial charge in [0, 0.05) is 6.07 Å². The Balaban J connectivity index is 2.12. The molecule has 0 unspecified atom stereocenters. The second-order valence-electron chi connectivity index (χ2n) is 4.10. The zero-order valence-electron chi connectivity index (χ0n) is 9.76. The third-order valence-corrected chi connectivity index (χ3v) is 3.81. The van der Waals surface area contributed by atoms with E-state index in [4.69, 9.17) is 4.52 Å². The van der Waals surface area contributed by atoms with Crippen molar-refractivity contribution in [3.63, 3.8) is 0 Å². The molecule has 0 amide bonds. The Morgan fingerprint density at radius 3 is 2.67 bits per heavy atom. The van der Waals surface area contributed by atoms with Gasteiger partial charge in [-0.3, -0.25) is 0 Å². The number of hydrogen-bond donors (Lipinski definition) is 0. The van der Waals surface area contributed by atoms with Crippen molar-refractivity contribution in [2.24, 2.45) is 0 Å². The number of aryl methyl sites for hydroxylation is 1. The van der Waals surface area contributed by atoms with E-state index in [0.29, 0.717) is 17.0 Å². The Kier molecular flexibility index (Phi) is 3.47. The Bertz CT molecular complexity index is 649. The monoisotopic (exact) mass is 269 g/mol. The largest absolute Gasteiger partial charge is 0.360 e. The molecule has 1 aromatic heterocycles. The van der Waals surface area contributed by atoms with Crippen molar-refractivity contribution >= 4 is 9.84 Å². The topological polar surface area (TPSA) is 60.2 Å². The van der Waals surface area contributed by atoms with Gasteiger partial charge < -0.3 is 4.52 Å². The molecule has 0 atom stereocenters. The molecular weight excluding hydrogens is 257 g/mol. The molecule has 0 bridgehead atoms. The van der Waals surface area contributed by atoms with Crippen molar-refractivity contribution in [1.82, 2.24) is 5.16 Å². The SMILES string of the molecule is Cc1cc(CS(=O)(=O)Cc2cccc(F)c2)on1. The van der Waals surface area contributed by atoms with Crippen molar-refractivity contribution < 1.29 is 17.3 Å². The highest BCUT2D eigenvalue weighted by atomic mass is 32.2. The van der Waals surface area contributed by atoms with Gasteiger partial charge in [0.25, 0.3) is 0 Å². The highest BCUT2D eigenvalue weighted by Crippen LogP contribution is 2.14. The molecule has 1 heterocycles. The van der Waals surface area contributed by atoms with Crippen LogP contribution in [-0.2, 0) is 21.3 Å². The summed E-state index contributed by atoms with van der Waals surface area (Å²) >= 11 is 0. The number of rotatable bonds is 4. The molecule has 2 aromatic rings. The predicted molar refractivity (Wildman–Crippen MR) is 64.0 cm³/mol. The van der Waals surface area contributed by atoms with Crippen molar-refractivity contribution in [3.8, 4) is 0 Å². The van der Waals surface area contributed by atoms with Crippen molar-refractivity contribution in [2.45, 2.75) is 18.4 Å². The molecule has 0 spiro atoms. The summed E-state index contributed by atoms with van der Waals surface area (Å²) in [5.41, 5.74) is 1.05. The number of sulfone groups is 1. The van der Waals surface area contributed by atoms with Crippen LogP contribution in [0.5, 0.6) is 0 Å². The van der Waals surface area contributed by atoms with E-state index in [0.717, 1.165) is 0 Å². The molecule has 0 radical (unpaired) electrons. The first-order valence-corrected chi connectivity index (χ1v) is 7.14. The van der Waals surface area contributed by atoms with E-state index >= 15 is 0 Å². The molecule has 6 heteroatoms. The second-order valence-corrected chi connectivity index (χ2v) is 6.16. The molecule has 0 aliphatic rings. The van der Waals surface area contributed by atoms with Gasteiger partial charge in [-0.1, -0.05) is 17.3 Å². The molecule has 96 valence electrons. The summed E-state index contributed by atoms with van der Waals surface area (Å²) in [5, 5.41) is 3.62. The van der Waals surface area contributed by atoms with Crippen LogP contribution in [0.2, 0.25) is 0 Å². The lowest BCUT2D eigenvalue weighted by molar-refractivity contribution is 0.388. The summed E-state index contributed by atoms with van der Waals surface area (Å²) in [4.78, 5) is 0. The minimum Gasteiger partial charge on any atom is -0.360 e. The van der Waals surface area contributed by atoms with Crippen LogP contribution in [0.3, 0.4) is 0 Å². The van der Waals surface area contributed by atoms with Gasteiger partial charge in [-0.05, 0) is 24.6 Å². The van der Waals surface area contributed by atoms with Crippen LogP contribution in [0.1, 0.15) is 17.0 Å². The molecule has 0 saturated carbocycles. The summed E-state index contributed by atoms with van der Waals surface area (Å²) in [6.07, 6.45) is 0. The number of hydrogen-bond acceptors (Lipinski definition) is 4. The third kappa shape index (κ3) is 3.40. The highest BCUT2D eigenvalue weighted by Gasteiger charge is 2.16. The lowest BCUT2D eigenvalue weighted by atomic mass is 10.2. The fourth-order valence-corrected chi connectivity index (χ4v) is 2.99. The summed E-state index contributed by atoms with van der Waals surface area (Å²) < 4.78 is 41.6. The van der Waals surface area contributed by atoms with Crippen LogP contribution in [-0.4, -0.2) is 13.6 Å². The van der Waals surface area contributed by atoms with E-state index in [1.165, 1.54) is 18.2 Å². The third-order valence-electron chi connectivity index (χ3n) is 2.31. The van der Waals surface area contributed by atoms with Gasteiger partial charge in [-0.25, -0.2) is 12.8 Å². The predicted octanol–water partition coefficient (Wildman–Crippen LogP) is 2.24. The first-order chi connectivity index (χ1) is 8.44. The lowest BCUT2D eigenvalue weighted by Crippen LogP contribution is -2.07. The molecule has 0 aliphatic carbocycles. The van der Waals surface area contributed by atoms with Crippen LogP contribution in [0, 0.1) is 12.7 Å². The van der Waals surface area contributed by atoms with Gasteiger partial charge in [-0.2, -0.15) is 0 Å². The molecular formula is C12H12FNO3S. The summed E-state index contributed by atoms with van der Waals surface area (Å²) in [6.45, 7) is 1.71. The molecule has 0 aliphatic heterocycles. The zero-order valence-corrected chi connectivity index (χ0v) is 10.6. The standard InChI is InChI=1S/C12H12FNO3S/c1-9-5-12(17-14-9)8-18(15,16)7-10-3-2-4-11(13)6-10/h2-6H,7-8H2,1H3. The number of nitrogens with zero attached hydrogens (tertiary/aromatic N) is 1. The van der Waals surface area contributed by atoms with E-state index in [-0.39, 0.29) is 11.5 Å². The lowest BCUT2D eigenvalue weighted by Gasteiger charge is -2.02. The van der Waals surface area contributed by atoms with Crippen LogP contribution in [0.25, 0.3) is 0 Å². The second kappa shape index (κ2) is 4.89. The summed E-state index contributed by atoms with van der Waals surface area (Å²) in [7, 11) is -3.39. The van der Waals surface area contributed by atoms with E-state index in [2.05, 4.69) is 5.16 Å². The van der Waals surface area contributed by atoms with Gasteiger partial charge in [0.15, 0.2) is 15.6 Å². The van der Waals surface area contributed by atoms with Crippen LogP contribution < -0.4 is 0 Å². The molecule has 1 aromatic carbocycles. The number of halogens is 1. The molecule has 0 fully saturated rings. The molecule has 0 N–H and O–H groups in total. The smallest absolute Gasteiger partial charge is 0.161 e. The highest BCUT2D eigenvalue weighted by molar-refractivity contribution is 7.89.